The van der Waals surface area contributed by atoms with Gasteiger partial charge in [-0.1, -0.05) is 11.6 Å². The molecule has 5 heterocycles. The van der Waals surface area contributed by atoms with Gasteiger partial charge in [0.15, 0.2) is 10.4 Å². The lowest BCUT2D eigenvalue weighted by atomic mass is 10.1. The van der Waals surface area contributed by atoms with E-state index in [1.54, 1.807) is 17.0 Å². The lowest BCUT2D eigenvalue weighted by molar-refractivity contribution is -0.127. The highest BCUT2D eigenvalue weighted by molar-refractivity contribution is 9.10. The fourth-order valence-corrected chi connectivity index (χ4v) is 4.23. The van der Waals surface area contributed by atoms with E-state index >= 15 is 0 Å². The second-order valence-electron chi connectivity index (χ2n) is 7.16. The van der Waals surface area contributed by atoms with Crippen molar-refractivity contribution in [2.45, 2.75) is 0 Å². The molecule has 0 saturated carbocycles. The Labute approximate surface area is 198 Å². The van der Waals surface area contributed by atoms with Crippen LogP contribution in [0.5, 0.6) is 0 Å². The van der Waals surface area contributed by atoms with E-state index in [-0.39, 0.29) is 54.3 Å². The largest absolute Gasteiger partial charge is 0.444 e. The van der Waals surface area contributed by atoms with Crippen LogP contribution in [0.15, 0.2) is 33.6 Å². The number of rotatable bonds is 4. The number of carbonyl (C=O) groups excluding carboxylic acids is 3. The summed E-state index contributed by atoms with van der Waals surface area (Å²) in [5.41, 5.74) is 0.873. The van der Waals surface area contributed by atoms with Gasteiger partial charge in [0, 0.05) is 44.0 Å². The molecule has 5 rings (SSSR count). The van der Waals surface area contributed by atoms with Crippen LogP contribution in [0.25, 0.3) is 22.4 Å². The Kier molecular flexibility index (Phi) is 5.42. The normalized spacial score (nSPS) is 14.1. The number of pyridine rings is 1. The van der Waals surface area contributed by atoms with E-state index < -0.39 is 11.7 Å². The van der Waals surface area contributed by atoms with Crippen molar-refractivity contribution >= 4 is 56.0 Å². The molecule has 1 fully saturated rings. The highest BCUT2D eigenvalue weighted by atomic mass is 79.9. The number of piperazine rings is 1. The summed E-state index contributed by atoms with van der Waals surface area (Å²) in [7, 11) is 0. The van der Waals surface area contributed by atoms with Gasteiger partial charge in [-0.05, 0) is 33.3 Å². The molecule has 1 aliphatic heterocycles. The topological polar surface area (TPSA) is 154 Å². The van der Waals surface area contributed by atoms with Crippen molar-refractivity contribution in [1.29, 1.82) is 0 Å². The Bertz CT molecular complexity index is 1370. The summed E-state index contributed by atoms with van der Waals surface area (Å²) in [5, 5.41) is 14.2. The second kappa shape index (κ2) is 8.41. The summed E-state index contributed by atoms with van der Waals surface area (Å²) >= 11 is 9.48. The van der Waals surface area contributed by atoms with E-state index in [0.29, 0.717) is 21.3 Å². The number of amides is 2. The van der Waals surface area contributed by atoms with Gasteiger partial charge in [-0.25, -0.2) is 4.98 Å². The van der Waals surface area contributed by atoms with Crippen LogP contribution in [0, 0.1) is 0 Å². The Morgan fingerprint density at radius 1 is 1.12 bits per heavy atom. The van der Waals surface area contributed by atoms with E-state index in [1.165, 1.54) is 17.3 Å². The third-order valence-corrected chi connectivity index (χ3v) is 6.01. The van der Waals surface area contributed by atoms with Gasteiger partial charge in [0.2, 0.25) is 5.82 Å². The number of ketones is 1. The molecule has 168 valence electrons. The maximum Gasteiger partial charge on any atom is 0.295 e. The number of halogens is 2. The molecule has 2 N–H and O–H groups in total. The zero-order valence-electron chi connectivity index (χ0n) is 16.7. The van der Waals surface area contributed by atoms with Crippen molar-refractivity contribution in [3.05, 3.63) is 45.5 Å². The molecule has 1 aliphatic rings. The predicted molar refractivity (Wildman–Crippen MR) is 117 cm³/mol. The van der Waals surface area contributed by atoms with Gasteiger partial charge in [0.1, 0.15) is 5.69 Å². The minimum Gasteiger partial charge on any atom is -0.444 e. The number of nitrogens with zero attached hydrogens (tertiary/aromatic N) is 6. The first kappa shape index (κ1) is 21.3. The van der Waals surface area contributed by atoms with E-state index in [2.05, 4.69) is 46.5 Å². The number of carbonyl (C=O) groups is 3. The van der Waals surface area contributed by atoms with Crippen molar-refractivity contribution in [2.75, 3.05) is 26.2 Å². The van der Waals surface area contributed by atoms with E-state index in [0.717, 1.165) is 0 Å². The van der Waals surface area contributed by atoms with Crippen molar-refractivity contribution in [2.24, 2.45) is 0 Å². The third-order valence-electron chi connectivity index (χ3n) is 5.30. The smallest absolute Gasteiger partial charge is 0.295 e. The summed E-state index contributed by atoms with van der Waals surface area (Å²) in [6, 6.07) is 3.21. The molecule has 12 nitrogen and oxygen atoms in total. The molecular weight excluding hydrogens is 520 g/mol. The number of tetrazole rings is 1. The summed E-state index contributed by atoms with van der Waals surface area (Å²) < 4.78 is 5.76. The number of Topliss-reactive ketones (excluding diaryl/α,β-unsaturated/α-hetero) is 1. The first-order valence-corrected chi connectivity index (χ1v) is 10.9. The van der Waals surface area contributed by atoms with Crippen molar-refractivity contribution in [3.8, 4) is 11.5 Å². The molecule has 0 unspecified atom stereocenters. The van der Waals surface area contributed by atoms with E-state index in [1.807, 2.05) is 0 Å². The number of aromatic nitrogens is 6. The number of hydrogen-bond donors (Lipinski definition) is 2. The van der Waals surface area contributed by atoms with Gasteiger partial charge >= 0.3 is 0 Å². The molecule has 0 spiro atoms. The zero-order chi connectivity index (χ0) is 23.1. The summed E-state index contributed by atoms with van der Waals surface area (Å²) in [4.78, 5) is 48.7. The van der Waals surface area contributed by atoms with Crippen LogP contribution in [0.4, 0.5) is 0 Å². The average molecular weight is 534 g/mol. The first-order valence-electron chi connectivity index (χ1n) is 9.71. The maximum atomic E-state index is 13.1. The number of hydrogen-bond acceptors (Lipinski definition) is 8. The Hall–Kier alpha value is -3.58. The van der Waals surface area contributed by atoms with Crippen molar-refractivity contribution in [3.63, 3.8) is 0 Å². The molecule has 0 atom stereocenters. The van der Waals surface area contributed by atoms with Crippen LogP contribution < -0.4 is 0 Å². The molecule has 0 aromatic carbocycles. The molecular formula is C19H14BrClN8O4. The van der Waals surface area contributed by atoms with Gasteiger partial charge in [0.05, 0.1) is 16.1 Å². The third kappa shape index (κ3) is 3.78. The SMILES string of the molecule is O=C(C(=O)N1CCN(C(=O)c2ccc(Br)o2)CC1)c1c[nH]c2c(-c3nn[nH]n3)ncc(Cl)c12. The predicted octanol–water partition coefficient (Wildman–Crippen LogP) is 1.92. The summed E-state index contributed by atoms with van der Waals surface area (Å²) in [6.45, 7) is 0.974. The highest BCUT2D eigenvalue weighted by Crippen LogP contribution is 2.32. The average Bonchev–Trinajstić information content (AvgIpc) is 3.59. The Morgan fingerprint density at radius 3 is 2.55 bits per heavy atom. The molecule has 4 aromatic heterocycles. The fraction of sp³-hybridized carbons (Fsp3) is 0.211. The lowest BCUT2D eigenvalue weighted by Crippen LogP contribution is -2.52. The van der Waals surface area contributed by atoms with Crippen LogP contribution in [0.3, 0.4) is 0 Å². The number of fused-ring (bicyclic) bond motifs is 1. The molecule has 14 heteroatoms. The minimum absolute atomic E-state index is 0.117. The zero-order valence-corrected chi connectivity index (χ0v) is 19.1. The van der Waals surface area contributed by atoms with Crippen molar-refractivity contribution < 1.29 is 18.8 Å². The maximum absolute atomic E-state index is 13.1. The number of nitrogens with one attached hydrogen (secondary N) is 2. The molecule has 2 amide bonds. The Morgan fingerprint density at radius 2 is 1.88 bits per heavy atom. The summed E-state index contributed by atoms with van der Waals surface area (Å²) in [5.74, 6) is -1.25. The molecule has 33 heavy (non-hydrogen) atoms. The van der Waals surface area contributed by atoms with E-state index in [9.17, 15) is 14.4 Å². The Balaban J connectivity index is 1.34. The van der Waals surface area contributed by atoms with Gasteiger partial charge in [-0.3, -0.25) is 14.4 Å². The minimum atomic E-state index is -0.719. The molecule has 0 aliphatic carbocycles. The lowest BCUT2D eigenvalue weighted by Gasteiger charge is -2.33. The quantitative estimate of drug-likeness (QED) is 0.298. The van der Waals surface area contributed by atoms with E-state index in [4.69, 9.17) is 16.0 Å². The van der Waals surface area contributed by atoms with Crippen LogP contribution >= 0.6 is 27.5 Å². The van der Waals surface area contributed by atoms with Gasteiger partial charge in [-0.2, -0.15) is 5.21 Å². The number of H-pyrrole nitrogens is 2. The fourth-order valence-electron chi connectivity index (χ4n) is 3.68. The monoisotopic (exact) mass is 532 g/mol. The first-order chi connectivity index (χ1) is 15.9. The number of aromatic amines is 2. The van der Waals surface area contributed by atoms with Crippen LogP contribution in [-0.4, -0.2) is 84.2 Å². The van der Waals surface area contributed by atoms with Gasteiger partial charge in [0.25, 0.3) is 17.6 Å². The van der Waals surface area contributed by atoms with Gasteiger partial charge < -0.3 is 19.2 Å². The molecule has 0 bridgehead atoms. The van der Waals surface area contributed by atoms with Crippen LogP contribution in [0.1, 0.15) is 20.9 Å². The summed E-state index contributed by atoms with van der Waals surface area (Å²) in [6.07, 6.45) is 2.78. The van der Waals surface area contributed by atoms with Crippen molar-refractivity contribution in [1.82, 2.24) is 40.4 Å². The second-order valence-corrected chi connectivity index (χ2v) is 8.35. The molecule has 4 aromatic rings. The highest BCUT2D eigenvalue weighted by Gasteiger charge is 2.31. The molecule has 0 radical (unpaired) electrons. The van der Waals surface area contributed by atoms with Gasteiger partial charge in [-0.15, -0.1) is 10.2 Å². The molecule has 1 saturated heterocycles. The van der Waals surface area contributed by atoms with Crippen LogP contribution in [0.2, 0.25) is 5.02 Å². The number of furan rings is 1. The van der Waals surface area contributed by atoms with Crippen LogP contribution in [-0.2, 0) is 4.79 Å². The standard InChI is InChI=1S/C19H14BrClN8O4/c20-12-2-1-11(33-12)18(31)28-3-5-29(6-4-28)19(32)16(30)9-7-22-14-13(9)10(21)8-23-15(14)17-24-26-27-25-17/h1-2,7-8,22H,3-6H2,(H,24,25,26,27).